The van der Waals surface area contributed by atoms with Crippen LogP contribution in [0.3, 0.4) is 0 Å². The highest BCUT2D eigenvalue weighted by atomic mass is 16.2. The minimum Gasteiger partial charge on any atom is -0.341 e. The summed E-state index contributed by atoms with van der Waals surface area (Å²) in [5, 5.41) is 2.82. The third-order valence-corrected chi connectivity index (χ3v) is 4.02. The molecule has 1 atom stereocenters. The molecular weight excluding hydrogens is 244 g/mol. The van der Waals surface area contributed by atoms with E-state index in [0.29, 0.717) is 13.1 Å². The van der Waals surface area contributed by atoms with Gasteiger partial charge in [-0.3, -0.25) is 4.79 Å². The molecule has 2 saturated heterocycles. The third kappa shape index (κ3) is 3.18. The van der Waals surface area contributed by atoms with Gasteiger partial charge in [-0.15, -0.1) is 0 Å². The molecule has 2 rings (SSSR count). The predicted octanol–water partition coefficient (Wildman–Crippen LogP) is 0.130. The van der Waals surface area contributed by atoms with Gasteiger partial charge in [0.2, 0.25) is 5.91 Å². The first kappa shape index (κ1) is 14.1. The lowest BCUT2D eigenvalue weighted by Gasteiger charge is -2.37. The first-order valence-electron chi connectivity index (χ1n) is 7.22. The van der Waals surface area contributed by atoms with Crippen LogP contribution < -0.4 is 11.1 Å². The van der Waals surface area contributed by atoms with Crippen LogP contribution in [-0.4, -0.2) is 60.0 Å². The van der Waals surface area contributed by atoms with Gasteiger partial charge in [-0.1, -0.05) is 13.3 Å². The number of carbonyl (C=O) groups excluding carboxylic acids is 2. The summed E-state index contributed by atoms with van der Waals surface area (Å²) in [5.41, 5.74) is 5.87. The molecule has 19 heavy (non-hydrogen) atoms. The minimum absolute atomic E-state index is 0.0347. The molecule has 0 aliphatic carbocycles. The van der Waals surface area contributed by atoms with Crippen LogP contribution >= 0.6 is 0 Å². The Bertz CT molecular complexity index is 340. The third-order valence-electron chi connectivity index (χ3n) is 4.02. The van der Waals surface area contributed by atoms with Crippen LogP contribution in [0.1, 0.15) is 32.6 Å². The number of hydrogen-bond acceptors (Lipinski definition) is 3. The molecule has 2 heterocycles. The van der Waals surface area contributed by atoms with Crippen molar-refractivity contribution in [3.8, 4) is 0 Å². The molecule has 0 spiro atoms. The summed E-state index contributed by atoms with van der Waals surface area (Å²) in [6.07, 6.45) is 3.39. The van der Waals surface area contributed by atoms with Crippen molar-refractivity contribution in [1.82, 2.24) is 15.1 Å². The lowest BCUT2D eigenvalue weighted by atomic mass is 10.0. The molecule has 0 saturated carbocycles. The van der Waals surface area contributed by atoms with E-state index in [1.165, 1.54) is 0 Å². The monoisotopic (exact) mass is 268 g/mol. The van der Waals surface area contributed by atoms with Gasteiger partial charge < -0.3 is 20.9 Å². The van der Waals surface area contributed by atoms with Crippen LogP contribution in [0.4, 0.5) is 4.79 Å². The first-order valence-corrected chi connectivity index (χ1v) is 7.22. The normalized spacial score (nSPS) is 22.5. The highest BCUT2D eigenvalue weighted by Crippen LogP contribution is 2.19. The van der Waals surface area contributed by atoms with Gasteiger partial charge in [0.05, 0.1) is 6.04 Å². The fourth-order valence-electron chi connectivity index (χ4n) is 2.90. The van der Waals surface area contributed by atoms with Crippen LogP contribution in [0.25, 0.3) is 0 Å². The van der Waals surface area contributed by atoms with Crippen LogP contribution in [-0.2, 0) is 4.79 Å². The summed E-state index contributed by atoms with van der Waals surface area (Å²) >= 11 is 0. The number of nitrogens with one attached hydrogen (secondary N) is 1. The lowest BCUT2D eigenvalue weighted by molar-refractivity contribution is -0.134. The standard InChI is InChI=1S/C13H24N4O2/c1-2-3-11(14)12(18)16-7-4-10(5-8-16)17-9-6-15-13(17)19/h10-11H,2-9,14H2,1H3,(H,15,19). The van der Waals surface area contributed by atoms with E-state index in [2.05, 4.69) is 5.32 Å². The average molecular weight is 268 g/mol. The largest absolute Gasteiger partial charge is 0.341 e. The molecule has 2 aliphatic heterocycles. The van der Waals surface area contributed by atoms with E-state index in [1.807, 2.05) is 16.7 Å². The summed E-state index contributed by atoms with van der Waals surface area (Å²) in [5.74, 6) is 0.0613. The maximum Gasteiger partial charge on any atom is 0.317 e. The Morgan fingerprint density at radius 1 is 1.42 bits per heavy atom. The molecule has 3 amide bonds. The topological polar surface area (TPSA) is 78.7 Å². The highest BCUT2D eigenvalue weighted by Gasteiger charge is 2.32. The second-order valence-electron chi connectivity index (χ2n) is 5.38. The lowest BCUT2D eigenvalue weighted by Crippen LogP contribution is -2.51. The molecule has 6 nitrogen and oxygen atoms in total. The zero-order chi connectivity index (χ0) is 13.8. The second kappa shape index (κ2) is 6.23. The van der Waals surface area contributed by atoms with Crippen molar-refractivity contribution in [1.29, 1.82) is 0 Å². The maximum atomic E-state index is 12.1. The maximum absolute atomic E-state index is 12.1. The number of nitrogens with zero attached hydrogens (tertiary/aromatic N) is 2. The first-order chi connectivity index (χ1) is 9.13. The fraction of sp³-hybridized carbons (Fsp3) is 0.846. The molecule has 0 aromatic carbocycles. The molecule has 108 valence electrons. The number of urea groups is 1. The fourth-order valence-corrected chi connectivity index (χ4v) is 2.90. The predicted molar refractivity (Wildman–Crippen MR) is 72.6 cm³/mol. The zero-order valence-corrected chi connectivity index (χ0v) is 11.6. The molecule has 0 bridgehead atoms. The van der Waals surface area contributed by atoms with E-state index in [4.69, 9.17) is 5.73 Å². The molecule has 0 aromatic heterocycles. The molecule has 2 aliphatic rings. The van der Waals surface area contributed by atoms with Crippen LogP contribution in [0.15, 0.2) is 0 Å². The van der Waals surface area contributed by atoms with Gasteiger partial charge in [0, 0.05) is 32.2 Å². The Labute approximate surface area is 114 Å². The number of piperidine rings is 1. The van der Waals surface area contributed by atoms with Gasteiger partial charge in [-0.2, -0.15) is 0 Å². The van der Waals surface area contributed by atoms with Gasteiger partial charge in [0.25, 0.3) is 0 Å². The van der Waals surface area contributed by atoms with Crippen molar-refractivity contribution >= 4 is 11.9 Å². The van der Waals surface area contributed by atoms with Crippen molar-refractivity contribution < 1.29 is 9.59 Å². The Hall–Kier alpha value is -1.30. The van der Waals surface area contributed by atoms with Crippen molar-refractivity contribution in [3.05, 3.63) is 0 Å². The summed E-state index contributed by atoms with van der Waals surface area (Å²) in [7, 11) is 0. The molecule has 3 N–H and O–H groups in total. The number of rotatable bonds is 4. The smallest absolute Gasteiger partial charge is 0.317 e. The van der Waals surface area contributed by atoms with Crippen molar-refractivity contribution in [2.75, 3.05) is 26.2 Å². The number of amides is 3. The minimum atomic E-state index is -0.364. The van der Waals surface area contributed by atoms with E-state index >= 15 is 0 Å². The van der Waals surface area contributed by atoms with Crippen LogP contribution in [0, 0.1) is 0 Å². The summed E-state index contributed by atoms with van der Waals surface area (Å²) < 4.78 is 0. The van der Waals surface area contributed by atoms with Crippen LogP contribution in [0.2, 0.25) is 0 Å². The number of hydrogen-bond donors (Lipinski definition) is 2. The van der Waals surface area contributed by atoms with Gasteiger partial charge in [0.15, 0.2) is 0 Å². The van der Waals surface area contributed by atoms with Crippen molar-refractivity contribution in [2.45, 2.75) is 44.7 Å². The number of nitrogens with two attached hydrogens (primary N) is 1. The second-order valence-corrected chi connectivity index (χ2v) is 5.38. The Kier molecular flexibility index (Phi) is 4.63. The Morgan fingerprint density at radius 2 is 2.11 bits per heavy atom. The molecule has 2 fully saturated rings. The van der Waals surface area contributed by atoms with Crippen molar-refractivity contribution in [3.63, 3.8) is 0 Å². The zero-order valence-electron chi connectivity index (χ0n) is 11.6. The quantitative estimate of drug-likeness (QED) is 0.760. The molecule has 1 unspecified atom stereocenters. The van der Waals surface area contributed by atoms with E-state index in [0.717, 1.165) is 38.8 Å². The molecule has 0 radical (unpaired) electrons. The van der Waals surface area contributed by atoms with E-state index < -0.39 is 0 Å². The van der Waals surface area contributed by atoms with Crippen molar-refractivity contribution in [2.24, 2.45) is 5.73 Å². The van der Waals surface area contributed by atoms with Crippen LogP contribution in [0.5, 0.6) is 0 Å². The summed E-state index contributed by atoms with van der Waals surface area (Å²) in [6, 6.07) is -0.0574. The Balaban J connectivity index is 1.82. The number of carbonyl (C=O) groups is 2. The van der Waals surface area contributed by atoms with E-state index in [9.17, 15) is 9.59 Å². The molecule has 0 aromatic rings. The van der Waals surface area contributed by atoms with E-state index in [1.54, 1.807) is 0 Å². The molecule has 6 heteroatoms. The van der Waals surface area contributed by atoms with Gasteiger partial charge in [0.1, 0.15) is 0 Å². The summed E-state index contributed by atoms with van der Waals surface area (Å²) in [6.45, 7) is 4.98. The molecular formula is C13H24N4O2. The van der Waals surface area contributed by atoms with E-state index in [-0.39, 0.29) is 24.0 Å². The van der Waals surface area contributed by atoms with Gasteiger partial charge in [-0.25, -0.2) is 4.79 Å². The Morgan fingerprint density at radius 3 is 2.63 bits per heavy atom. The summed E-state index contributed by atoms with van der Waals surface area (Å²) in [4.78, 5) is 27.4. The average Bonchev–Trinajstić information content (AvgIpc) is 2.84. The SMILES string of the molecule is CCCC(N)C(=O)N1CCC(N2CCNC2=O)CC1. The van der Waals surface area contributed by atoms with Gasteiger partial charge >= 0.3 is 6.03 Å². The highest BCUT2D eigenvalue weighted by molar-refractivity contribution is 5.81. The van der Waals surface area contributed by atoms with Gasteiger partial charge in [-0.05, 0) is 19.3 Å². The number of likely N-dealkylation sites (tertiary alicyclic amines) is 1.